The van der Waals surface area contributed by atoms with Crippen LogP contribution in [0.3, 0.4) is 0 Å². The number of halogens is 4. The third-order valence-corrected chi connectivity index (χ3v) is 8.60. The predicted molar refractivity (Wildman–Crippen MR) is 140 cm³/mol. The number of anilines is 2. The highest BCUT2D eigenvalue weighted by Crippen LogP contribution is 2.35. The molecule has 1 saturated heterocycles. The molecule has 1 atom stereocenters. The number of aromatic nitrogens is 2. The van der Waals surface area contributed by atoms with Crippen molar-refractivity contribution in [1.82, 2.24) is 19.0 Å². The van der Waals surface area contributed by atoms with Crippen LogP contribution in [0.5, 0.6) is 0 Å². The summed E-state index contributed by atoms with van der Waals surface area (Å²) in [6.07, 6.45) is -1.56. The van der Waals surface area contributed by atoms with Gasteiger partial charge in [0.25, 0.3) is 0 Å². The third kappa shape index (κ3) is 6.65. The van der Waals surface area contributed by atoms with Crippen LogP contribution in [0.15, 0.2) is 53.7 Å². The molecular formula is C26H30F4N6O2S. The van der Waals surface area contributed by atoms with E-state index in [2.05, 4.69) is 10.4 Å². The number of benzene rings is 2. The highest BCUT2D eigenvalue weighted by atomic mass is 32.2. The summed E-state index contributed by atoms with van der Waals surface area (Å²) >= 11 is 0. The maximum Gasteiger partial charge on any atom is 0.390 e. The lowest BCUT2D eigenvalue weighted by molar-refractivity contribution is -0.140. The first kappa shape index (κ1) is 28.7. The van der Waals surface area contributed by atoms with Crippen molar-refractivity contribution in [1.29, 1.82) is 5.41 Å². The zero-order valence-corrected chi connectivity index (χ0v) is 22.4. The molecule has 1 aromatic heterocycles. The Labute approximate surface area is 224 Å². The van der Waals surface area contributed by atoms with Crippen LogP contribution in [0.4, 0.5) is 28.9 Å². The van der Waals surface area contributed by atoms with Crippen LogP contribution >= 0.6 is 0 Å². The van der Waals surface area contributed by atoms with Crippen molar-refractivity contribution in [3.05, 3.63) is 71.3 Å². The Morgan fingerprint density at radius 3 is 2.51 bits per heavy atom. The largest absolute Gasteiger partial charge is 0.390 e. The maximum absolute atomic E-state index is 13.4. The number of alkyl halides is 3. The number of nitrogens with zero attached hydrogens (tertiary/aromatic N) is 4. The molecule has 2 N–H and O–H groups in total. The minimum absolute atomic E-state index is 0.0302. The van der Waals surface area contributed by atoms with Crippen molar-refractivity contribution in [2.45, 2.75) is 43.9 Å². The smallest absolute Gasteiger partial charge is 0.355 e. The summed E-state index contributed by atoms with van der Waals surface area (Å²) in [4.78, 5) is 1.68. The molecule has 8 nitrogen and oxygen atoms in total. The van der Waals surface area contributed by atoms with Gasteiger partial charge in [0.1, 0.15) is 10.7 Å². The Morgan fingerprint density at radius 2 is 1.90 bits per heavy atom. The Hall–Kier alpha value is -3.29. The van der Waals surface area contributed by atoms with E-state index in [1.54, 1.807) is 36.1 Å². The third-order valence-electron chi connectivity index (χ3n) is 6.78. The number of piperazine rings is 1. The van der Waals surface area contributed by atoms with Gasteiger partial charge in [0.2, 0.25) is 10.0 Å². The molecule has 0 saturated carbocycles. The van der Waals surface area contributed by atoms with Crippen molar-refractivity contribution < 1.29 is 26.0 Å². The molecule has 0 amide bonds. The number of sulfonamides is 1. The molecular weight excluding hydrogens is 536 g/mol. The monoisotopic (exact) mass is 566 g/mol. The molecule has 2 heterocycles. The lowest BCUT2D eigenvalue weighted by Crippen LogP contribution is -2.51. The summed E-state index contributed by atoms with van der Waals surface area (Å²) in [5, 5.41) is 15.1. The fourth-order valence-electron chi connectivity index (χ4n) is 4.66. The molecule has 3 aromatic rings. The highest BCUT2D eigenvalue weighted by Gasteiger charge is 2.38. The zero-order valence-electron chi connectivity index (χ0n) is 21.5. The van der Waals surface area contributed by atoms with Crippen molar-refractivity contribution in [2.75, 3.05) is 31.5 Å². The van der Waals surface area contributed by atoms with Crippen LogP contribution in [0.1, 0.15) is 36.1 Å². The molecule has 1 aliphatic rings. The van der Waals surface area contributed by atoms with E-state index >= 15 is 0 Å². The van der Waals surface area contributed by atoms with Crippen LogP contribution in [0.25, 0.3) is 0 Å². The van der Waals surface area contributed by atoms with E-state index in [9.17, 15) is 26.0 Å². The minimum atomic E-state index is -4.36. The van der Waals surface area contributed by atoms with Gasteiger partial charge in [0, 0.05) is 68.1 Å². The van der Waals surface area contributed by atoms with Gasteiger partial charge in [-0.3, -0.25) is 9.58 Å². The van der Waals surface area contributed by atoms with Crippen LogP contribution in [0, 0.1) is 18.2 Å². The topological polar surface area (TPSA) is 94.3 Å². The molecule has 1 aliphatic heterocycles. The van der Waals surface area contributed by atoms with Gasteiger partial charge in [-0.05, 0) is 61.4 Å². The van der Waals surface area contributed by atoms with Crippen LogP contribution < -0.4 is 5.32 Å². The van der Waals surface area contributed by atoms with Gasteiger partial charge in [0.05, 0.1) is 12.6 Å². The van der Waals surface area contributed by atoms with Gasteiger partial charge in [-0.15, -0.1) is 0 Å². The molecule has 39 heavy (non-hydrogen) atoms. The molecule has 0 unspecified atom stereocenters. The van der Waals surface area contributed by atoms with Crippen LogP contribution in [-0.4, -0.2) is 66.0 Å². The van der Waals surface area contributed by atoms with E-state index in [1.807, 2.05) is 6.92 Å². The molecule has 4 rings (SSSR count). The Morgan fingerprint density at radius 1 is 1.18 bits per heavy atom. The Kier molecular flexibility index (Phi) is 8.42. The van der Waals surface area contributed by atoms with E-state index in [1.165, 1.54) is 33.5 Å². The van der Waals surface area contributed by atoms with Gasteiger partial charge in [0.15, 0.2) is 0 Å². The second-order valence-electron chi connectivity index (χ2n) is 9.38. The summed E-state index contributed by atoms with van der Waals surface area (Å²) < 4.78 is 82.3. The molecule has 1 fully saturated rings. The first-order chi connectivity index (χ1) is 18.4. The number of hydrogen-bond acceptors (Lipinski definition) is 6. The summed E-state index contributed by atoms with van der Waals surface area (Å²) in [6, 6.07) is 8.49. The first-order valence-electron chi connectivity index (χ1n) is 12.4. The molecule has 2 aromatic carbocycles. The molecule has 0 radical (unpaired) electrons. The Balaban J connectivity index is 1.68. The molecule has 0 aliphatic carbocycles. The summed E-state index contributed by atoms with van der Waals surface area (Å²) in [5.74, 6) is -0.392. The lowest BCUT2D eigenvalue weighted by atomic mass is 9.94. The number of nitrogens with one attached hydrogen (secondary N) is 2. The molecule has 13 heteroatoms. The summed E-state index contributed by atoms with van der Waals surface area (Å²) in [7, 11) is -3.93. The fourth-order valence-corrected chi connectivity index (χ4v) is 6.06. The maximum atomic E-state index is 13.4. The second kappa shape index (κ2) is 11.4. The number of aryl methyl sites for hydroxylation is 2. The van der Waals surface area contributed by atoms with Gasteiger partial charge >= 0.3 is 6.18 Å². The van der Waals surface area contributed by atoms with Gasteiger partial charge < -0.3 is 10.7 Å². The zero-order chi connectivity index (χ0) is 28.4. The number of rotatable bonds is 9. The predicted octanol–water partition coefficient (Wildman–Crippen LogP) is 5.09. The van der Waals surface area contributed by atoms with Crippen molar-refractivity contribution in [2.24, 2.45) is 0 Å². The van der Waals surface area contributed by atoms with Crippen LogP contribution in [0.2, 0.25) is 0 Å². The average Bonchev–Trinajstić information content (AvgIpc) is 3.39. The van der Waals surface area contributed by atoms with E-state index < -0.39 is 34.5 Å². The van der Waals surface area contributed by atoms with E-state index in [-0.39, 0.29) is 31.1 Å². The van der Waals surface area contributed by atoms with E-state index in [0.717, 1.165) is 6.21 Å². The quantitative estimate of drug-likeness (QED) is 0.278. The van der Waals surface area contributed by atoms with Crippen molar-refractivity contribution >= 4 is 27.6 Å². The molecule has 210 valence electrons. The van der Waals surface area contributed by atoms with Crippen molar-refractivity contribution in [3.63, 3.8) is 0 Å². The number of hydrogen-bond donors (Lipinski definition) is 2. The minimum Gasteiger partial charge on any atom is -0.355 e. The Bertz CT molecular complexity index is 1420. The summed E-state index contributed by atoms with van der Waals surface area (Å²) in [5.41, 5.74) is 2.96. The van der Waals surface area contributed by atoms with Crippen molar-refractivity contribution in [3.8, 4) is 0 Å². The fraction of sp³-hybridized carbons (Fsp3) is 0.385. The van der Waals surface area contributed by atoms with Gasteiger partial charge in [-0.1, -0.05) is 0 Å². The van der Waals surface area contributed by atoms with Crippen LogP contribution in [-0.2, 0) is 16.6 Å². The second-order valence-corrected chi connectivity index (χ2v) is 11.3. The first-order valence-corrected chi connectivity index (χ1v) is 13.9. The summed E-state index contributed by atoms with van der Waals surface area (Å²) in [6.45, 7) is 3.92. The standard InChI is InChI=1S/C26H30F4N6O2S/c1-3-35-16-22(15-32-35)39(37,38)36-11-10-34(9-8-26(28,29)30)25(17-36)23-13-19(14-31)24(12-18(23)2)33-21-6-4-20(27)5-7-21/h4-7,12-16,25,31,33H,3,8-11,17H2,1-2H3/t25-/m0/s1. The SMILES string of the molecule is CCn1cc(S(=O)(=O)N2CCN(CCC(F)(F)F)[C@H](c3cc(C=N)c(Nc4ccc(F)cc4)cc3C)C2)cn1. The van der Waals surface area contributed by atoms with Gasteiger partial charge in [-0.2, -0.15) is 22.6 Å². The van der Waals surface area contributed by atoms with Gasteiger partial charge in [-0.25, -0.2) is 12.8 Å². The molecule has 0 spiro atoms. The lowest BCUT2D eigenvalue weighted by Gasteiger charge is -2.41. The highest BCUT2D eigenvalue weighted by molar-refractivity contribution is 7.89. The normalized spacial score (nSPS) is 17.3. The molecule has 0 bridgehead atoms. The average molecular weight is 567 g/mol. The van der Waals surface area contributed by atoms with E-state index in [4.69, 9.17) is 5.41 Å². The van der Waals surface area contributed by atoms with E-state index in [0.29, 0.717) is 34.6 Å².